The van der Waals surface area contributed by atoms with E-state index in [9.17, 15) is 4.79 Å². The molecular formula is C9H5N3OSe. The zero-order valence-corrected chi connectivity index (χ0v) is 8.76. The number of benzene rings is 1. The Morgan fingerprint density at radius 3 is 3.07 bits per heavy atom. The Morgan fingerprint density at radius 2 is 2.14 bits per heavy atom. The molecule has 3 rings (SSSR count). The topological polar surface area (TPSA) is 47.3 Å². The minimum atomic E-state index is -0.153. The van der Waals surface area contributed by atoms with Crippen molar-refractivity contribution in [2.24, 2.45) is 0 Å². The Balaban J connectivity index is 2.74. The summed E-state index contributed by atoms with van der Waals surface area (Å²) in [6, 6.07) is 7.40. The van der Waals surface area contributed by atoms with Crippen molar-refractivity contribution < 1.29 is 0 Å². The molecule has 0 saturated heterocycles. The summed E-state index contributed by atoms with van der Waals surface area (Å²) in [6.45, 7) is 0. The van der Waals surface area contributed by atoms with Crippen molar-refractivity contribution in [3.63, 3.8) is 0 Å². The zero-order chi connectivity index (χ0) is 9.54. The first-order chi connectivity index (χ1) is 6.86. The quantitative estimate of drug-likeness (QED) is 0.539. The van der Waals surface area contributed by atoms with Crippen LogP contribution < -0.4 is 5.56 Å². The van der Waals surface area contributed by atoms with Crippen LogP contribution in [0.5, 0.6) is 0 Å². The van der Waals surface area contributed by atoms with Gasteiger partial charge < -0.3 is 0 Å². The second-order valence-corrected chi connectivity index (χ2v) is 4.57. The van der Waals surface area contributed by atoms with Gasteiger partial charge >= 0.3 is 84.2 Å². The van der Waals surface area contributed by atoms with Gasteiger partial charge in [0.15, 0.2) is 0 Å². The monoisotopic (exact) mass is 251 g/mol. The molecule has 0 atom stereocenters. The summed E-state index contributed by atoms with van der Waals surface area (Å²) in [4.78, 5) is 15.6. The first kappa shape index (κ1) is 7.91. The van der Waals surface area contributed by atoms with Gasteiger partial charge in [0.25, 0.3) is 0 Å². The third-order valence-electron chi connectivity index (χ3n) is 2.06. The fourth-order valence-corrected chi connectivity index (χ4v) is 2.74. The van der Waals surface area contributed by atoms with E-state index in [4.69, 9.17) is 0 Å². The molecule has 0 aliphatic carbocycles. The number of nitrogens with zero attached hydrogens (tertiary/aromatic N) is 3. The Bertz CT molecular complexity index is 670. The van der Waals surface area contributed by atoms with E-state index >= 15 is 0 Å². The molecule has 0 spiro atoms. The number of aromatic nitrogens is 3. The van der Waals surface area contributed by atoms with E-state index in [1.807, 2.05) is 23.3 Å². The average molecular weight is 250 g/mol. The molecule has 2 aromatic heterocycles. The molecule has 0 aliphatic heterocycles. The fraction of sp³-hybridized carbons (Fsp3) is 0. The third kappa shape index (κ3) is 0.967. The van der Waals surface area contributed by atoms with Crippen LogP contribution in [-0.2, 0) is 0 Å². The van der Waals surface area contributed by atoms with Gasteiger partial charge in [-0.25, -0.2) is 0 Å². The van der Waals surface area contributed by atoms with E-state index < -0.39 is 0 Å². The molecule has 0 radical (unpaired) electrons. The maximum atomic E-state index is 11.6. The van der Waals surface area contributed by atoms with Gasteiger partial charge in [-0.3, -0.25) is 0 Å². The molecule has 4 nitrogen and oxygen atoms in total. The summed E-state index contributed by atoms with van der Waals surface area (Å²) in [6.07, 6.45) is 0. The van der Waals surface area contributed by atoms with Crippen LogP contribution in [0.4, 0.5) is 0 Å². The fourth-order valence-electron chi connectivity index (χ4n) is 1.44. The van der Waals surface area contributed by atoms with Gasteiger partial charge in [0, 0.05) is 0 Å². The van der Waals surface area contributed by atoms with Crippen molar-refractivity contribution in [2.75, 3.05) is 0 Å². The first-order valence-corrected chi connectivity index (χ1v) is 5.92. The van der Waals surface area contributed by atoms with Crippen LogP contribution in [0.1, 0.15) is 0 Å². The Kier molecular flexibility index (Phi) is 1.56. The predicted molar refractivity (Wildman–Crippen MR) is 53.7 cm³/mol. The number of para-hydroxylation sites is 1. The number of hydrogen-bond donors (Lipinski definition) is 0. The van der Waals surface area contributed by atoms with Crippen LogP contribution in [0, 0.1) is 0 Å². The van der Waals surface area contributed by atoms with Gasteiger partial charge in [-0.1, -0.05) is 0 Å². The summed E-state index contributed by atoms with van der Waals surface area (Å²) in [5, 5.41) is 6.64. The van der Waals surface area contributed by atoms with Crippen molar-refractivity contribution >= 4 is 29.9 Å². The van der Waals surface area contributed by atoms with Gasteiger partial charge in [-0.05, 0) is 0 Å². The summed E-state index contributed by atoms with van der Waals surface area (Å²) in [7, 11) is 0. The molecule has 3 aromatic rings. The van der Waals surface area contributed by atoms with E-state index in [1.54, 1.807) is 10.6 Å². The minimum absolute atomic E-state index is 0.100. The van der Waals surface area contributed by atoms with E-state index in [0.29, 0.717) is 5.39 Å². The SMILES string of the molecule is O=c1nc2[se]cnn2c2ccccc12. The van der Waals surface area contributed by atoms with Crippen molar-refractivity contribution in [3.05, 3.63) is 39.7 Å². The molecule has 0 aliphatic rings. The van der Waals surface area contributed by atoms with E-state index in [1.165, 1.54) is 0 Å². The molecule has 14 heavy (non-hydrogen) atoms. The number of fused-ring (bicyclic) bond motifs is 3. The Labute approximate surface area is 84.6 Å². The Hall–Kier alpha value is -1.45. The molecule has 0 unspecified atom stereocenters. The van der Waals surface area contributed by atoms with Crippen LogP contribution in [0.15, 0.2) is 34.1 Å². The predicted octanol–water partition coefficient (Wildman–Crippen LogP) is 0.300. The summed E-state index contributed by atoms with van der Waals surface area (Å²) >= 11 is 0.100. The number of rotatable bonds is 0. The van der Waals surface area contributed by atoms with Crippen molar-refractivity contribution in [1.29, 1.82) is 0 Å². The first-order valence-electron chi connectivity index (χ1n) is 4.07. The molecule has 1 aromatic carbocycles. The summed E-state index contributed by atoms with van der Waals surface area (Å²) in [5.41, 5.74) is 0.692. The van der Waals surface area contributed by atoms with Crippen LogP contribution in [0.25, 0.3) is 15.4 Å². The van der Waals surface area contributed by atoms with Gasteiger partial charge in [0.2, 0.25) is 0 Å². The van der Waals surface area contributed by atoms with E-state index in [-0.39, 0.29) is 20.1 Å². The maximum absolute atomic E-state index is 11.6. The number of hydrogen-bond acceptors (Lipinski definition) is 3. The zero-order valence-electron chi connectivity index (χ0n) is 7.04. The molecule has 0 bridgehead atoms. The molecule has 0 fully saturated rings. The molecular weight excluding hydrogens is 245 g/mol. The van der Waals surface area contributed by atoms with E-state index in [0.717, 1.165) is 10.0 Å². The second-order valence-electron chi connectivity index (χ2n) is 2.87. The normalized spacial score (nSPS) is 11.1. The molecule has 5 heteroatoms. The molecule has 0 saturated carbocycles. The van der Waals surface area contributed by atoms with Gasteiger partial charge in [0.1, 0.15) is 0 Å². The average Bonchev–Trinajstić information content (AvgIpc) is 2.66. The van der Waals surface area contributed by atoms with Crippen molar-refractivity contribution in [3.8, 4) is 0 Å². The molecule has 2 heterocycles. The van der Waals surface area contributed by atoms with Crippen LogP contribution in [-0.4, -0.2) is 29.1 Å². The van der Waals surface area contributed by atoms with Gasteiger partial charge in [-0.2, -0.15) is 0 Å². The molecule has 0 N–H and O–H groups in total. The van der Waals surface area contributed by atoms with E-state index in [2.05, 4.69) is 10.1 Å². The second kappa shape index (κ2) is 2.77. The van der Waals surface area contributed by atoms with Gasteiger partial charge in [-0.15, -0.1) is 0 Å². The van der Waals surface area contributed by atoms with Crippen LogP contribution >= 0.6 is 0 Å². The molecule has 0 amide bonds. The van der Waals surface area contributed by atoms with Crippen LogP contribution in [0.3, 0.4) is 0 Å². The Morgan fingerprint density at radius 1 is 1.29 bits per heavy atom. The summed E-state index contributed by atoms with van der Waals surface area (Å²) < 4.78 is 2.53. The van der Waals surface area contributed by atoms with Crippen molar-refractivity contribution in [1.82, 2.24) is 14.6 Å². The third-order valence-corrected chi connectivity index (χ3v) is 3.48. The van der Waals surface area contributed by atoms with Crippen LogP contribution in [0.2, 0.25) is 0 Å². The summed E-state index contributed by atoms with van der Waals surface area (Å²) in [5.74, 6) is 0. The van der Waals surface area contributed by atoms with Gasteiger partial charge in [0.05, 0.1) is 0 Å². The van der Waals surface area contributed by atoms with Crippen molar-refractivity contribution in [2.45, 2.75) is 0 Å². The standard InChI is InChI=1S/C9H5N3OSe/c13-8-6-3-1-2-4-7(6)12-9(11-8)14-5-10-12/h1-5H. The molecule has 68 valence electrons.